The Kier molecular flexibility index (Phi) is 2.20. The molecule has 0 aliphatic heterocycles. The van der Waals surface area contributed by atoms with Gasteiger partial charge in [0.25, 0.3) is 0 Å². The third-order valence-corrected chi connectivity index (χ3v) is 4.76. The van der Waals surface area contributed by atoms with Gasteiger partial charge in [0.15, 0.2) is 0 Å². The predicted molar refractivity (Wildman–Crippen MR) is 60.3 cm³/mol. The molecule has 0 bridgehead atoms. The molecule has 0 aromatic carbocycles. The van der Waals surface area contributed by atoms with Gasteiger partial charge in [-0.2, -0.15) is 0 Å². The maximum absolute atomic E-state index is 4.07. The molecule has 3 heteroatoms. The molecule has 78 valence electrons. The van der Waals surface area contributed by atoms with Crippen molar-refractivity contribution in [2.24, 2.45) is 10.8 Å². The molecule has 1 saturated carbocycles. The summed E-state index contributed by atoms with van der Waals surface area (Å²) < 4.78 is 0. The summed E-state index contributed by atoms with van der Waals surface area (Å²) in [5.74, 6) is 0. The number of nitrogens with zero attached hydrogens (tertiary/aromatic N) is 1. The molecule has 1 heterocycles. The average Bonchev–Trinajstić information content (AvgIpc) is 2.54. The zero-order chi connectivity index (χ0) is 10.4. The van der Waals surface area contributed by atoms with Crippen molar-refractivity contribution in [1.29, 1.82) is 0 Å². The van der Waals surface area contributed by atoms with Crippen molar-refractivity contribution in [3.63, 3.8) is 0 Å². The van der Waals surface area contributed by atoms with Gasteiger partial charge in [-0.3, -0.25) is 4.98 Å². The molecular weight excluding hydrogens is 192 g/mol. The molecule has 14 heavy (non-hydrogen) atoms. The molecule has 0 unspecified atom stereocenters. The van der Waals surface area contributed by atoms with Crippen LogP contribution in [0.5, 0.6) is 0 Å². The lowest BCUT2D eigenvalue weighted by Gasteiger charge is -2.03. The van der Waals surface area contributed by atoms with E-state index in [0.717, 1.165) is 6.54 Å². The maximum atomic E-state index is 4.07. The fourth-order valence-corrected chi connectivity index (χ4v) is 2.78. The van der Waals surface area contributed by atoms with Crippen LogP contribution in [0.15, 0.2) is 11.7 Å². The van der Waals surface area contributed by atoms with E-state index in [1.165, 1.54) is 4.88 Å². The summed E-state index contributed by atoms with van der Waals surface area (Å²) in [6.45, 7) is 10.3. The number of thiazole rings is 1. The molecule has 1 aromatic rings. The summed E-state index contributed by atoms with van der Waals surface area (Å²) in [7, 11) is 0. The van der Waals surface area contributed by atoms with Crippen molar-refractivity contribution in [2.45, 2.75) is 40.3 Å². The van der Waals surface area contributed by atoms with Crippen molar-refractivity contribution in [1.82, 2.24) is 10.3 Å². The molecule has 0 spiro atoms. The topological polar surface area (TPSA) is 24.9 Å². The fourth-order valence-electron chi connectivity index (χ4n) is 2.24. The van der Waals surface area contributed by atoms with Crippen LogP contribution in [-0.2, 0) is 6.54 Å². The summed E-state index contributed by atoms with van der Waals surface area (Å²) in [6, 6.07) is 0.636. The van der Waals surface area contributed by atoms with E-state index in [4.69, 9.17) is 0 Å². The minimum absolute atomic E-state index is 0.428. The maximum Gasteiger partial charge on any atom is 0.0794 e. The van der Waals surface area contributed by atoms with Gasteiger partial charge in [-0.1, -0.05) is 27.7 Å². The van der Waals surface area contributed by atoms with Gasteiger partial charge in [-0.25, -0.2) is 0 Å². The molecule has 0 amide bonds. The normalized spacial score (nSPS) is 23.7. The van der Waals surface area contributed by atoms with E-state index in [2.05, 4.69) is 38.0 Å². The zero-order valence-electron chi connectivity index (χ0n) is 9.29. The molecule has 1 fully saturated rings. The summed E-state index contributed by atoms with van der Waals surface area (Å²) >= 11 is 1.72. The Morgan fingerprint density at radius 2 is 2.00 bits per heavy atom. The summed E-state index contributed by atoms with van der Waals surface area (Å²) in [4.78, 5) is 5.39. The van der Waals surface area contributed by atoms with Crippen LogP contribution >= 0.6 is 11.3 Å². The lowest BCUT2D eigenvalue weighted by molar-refractivity contribution is 0.457. The Hall–Kier alpha value is -0.410. The van der Waals surface area contributed by atoms with Crippen LogP contribution in [0.4, 0.5) is 0 Å². The highest BCUT2D eigenvalue weighted by molar-refractivity contribution is 7.09. The molecule has 1 N–H and O–H groups in total. The van der Waals surface area contributed by atoms with Crippen LogP contribution in [-0.4, -0.2) is 11.0 Å². The predicted octanol–water partition coefficient (Wildman–Crippen LogP) is 2.67. The van der Waals surface area contributed by atoms with E-state index in [-0.39, 0.29) is 0 Å². The first-order valence-electron chi connectivity index (χ1n) is 5.07. The van der Waals surface area contributed by atoms with Crippen LogP contribution in [0.2, 0.25) is 0 Å². The number of hydrogen-bond acceptors (Lipinski definition) is 3. The third kappa shape index (κ3) is 1.39. The van der Waals surface area contributed by atoms with Gasteiger partial charge in [0.05, 0.1) is 5.51 Å². The van der Waals surface area contributed by atoms with Crippen molar-refractivity contribution in [2.75, 3.05) is 0 Å². The van der Waals surface area contributed by atoms with E-state index in [9.17, 15) is 0 Å². The second-order valence-electron chi connectivity index (χ2n) is 5.23. The second-order valence-corrected chi connectivity index (χ2v) is 6.20. The van der Waals surface area contributed by atoms with Crippen LogP contribution in [0.25, 0.3) is 0 Å². The van der Waals surface area contributed by atoms with Gasteiger partial charge >= 0.3 is 0 Å². The van der Waals surface area contributed by atoms with E-state index >= 15 is 0 Å². The molecule has 0 saturated heterocycles. The Balaban J connectivity index is 1.90. The summed E-state index contributed by atoms with van der Waals surface area (Å²) in [5, 5.41) is 3.61. The minimum Gasteiger partial charge on any atom is -0.308 e. The molecule has 0 atom stereocenters. The van der Waals surface area contributed by atoms with E-state index in [1.54, 1.807) is 11.3 Å². The highest BCUT2D eigenvalue weighted by Crippen LogP contribution is 2.62. The van der Waals surface area contributed by atoms with Crippen molar-refractivity contribution in [3.05, 3.63) is 16.6 Å². The van der Waals surface area contributed by atoms with Crippen LogP contribution in [0.1, 0.15) is 32.6 Å². The molecule has 1 aliphatic carbocycles. The smallest absolute Gasteiger partial charge is 0.0794 e. The molecular formula is C11H18N2S. The third-order valence-electron chi connectivity index (χ3n) is 3.98. The van der Waals surface area contributed by atoms with E-state index in [1.807, 2.05) is 11.7 Å². The Morgan fingerprint density at radius 3 is 2.43 bits per heavy atom. The minimum atomic E-state index is 0.428. The molecule has 1 aliphatic rings. The Morgan fingerprint density at radius 1 is 1.36 bits per heavy atom. The number of hydrogen-bond donors (Lipinski definition) is 1. The van der Waals surface area contributed by atoms with Crippen molar-refractivity contribution >= 4 is 11.3 Å². The van der Waals surface area contributed by atoms with E-state index in [0.29, 0.717) is 16.9 Å². The summed E-state index contributed by atoms with van der Waals surface area (Å²) in [5.41, 5.74) is 2.75. The molecule has 2 rings (SSSR count). The van der Waals surface area contributed by atoms with Gasteiger partial charge in [0.1, 0.15) is 0 Å². The van der Waals surface area contributed by atoms with Gasteiger partial charge in [-0.05, 0) is 10.8 Å². The Bertz CT molecular complexity index is 300. The summed E-state index contributed by atoms with van der Waals surface area (Å²) in [6.07, 6.45) is 1.94. The first-order chi connectivity index (χ1) is 6.46. The van der Waals surface area contributed by atoms with Gasteiger partial charge in [0.2, 0.25) is 0 Å². The molecule has 2 nitrogen and oxygen atoms in total. The average molecular weight is 210 g/mol. The lowest BCUT2D eigenvalue weighted by Crippen LogP contribution is -2.21. The lowest BCUT2D eigenvalue weighted by atomic mass is 10.0. The molecule has 0 radical (unpaired) electrons. The number of nitrogens with one attached hydrogen (secondary N) is 1. The van der Waals surface area contributed by atoms with Gasteiger partial charge < -0.3 is 5.32 Å². The van der Waals surface area contributed by atoms with Crippen molar-refractivity contribution < 1.29 is 0 Å². The second kappa shape index (κ2) is 3.04. The quantitative estimate of drug-likeness (QED) is 0.829. The monoisotopic (exact) mass is 210 g/mol. The number of rotatable bonds is 3. The first-order valence-corrected chi connectivity index (χ1v) is 5.95. The van der Waals surface area contributed by atoms with Gasteiger partial charge in [-0.15, -0.1) is 11.3 Å². The molecule has 1 aromatic heterocycles. The highest BCUT2D eigenvalue weighted by atomic mass is 32.1. The highest BCUT2D eigenvalue weighted by Gasteiger charge is 2.64. The van der Waals surface area contributed by atoms with Crippen molar-refractivity contribution in [3.8, 4) is 0 Å². The zero-order valence-corrected chi connectivity index (χ0v) is 10.1. The van der Waals surface area contributed by atoms with E-state index < -0.39 is 0 Å². The Labute approximate surface area is 89.8 Å². The van der Waals surface area contributed by atoms with Crippen LogP contribution in [0, 0.1) is 10.8 Å². The fraction of sp³-hybridized carbons (Fsp3) is 0.727. The largest absolute Gasteiger partial charge is 0.308 e. The van der Waals surface area contributed by atoms with Crippen LogP contribution < -0.4 is 5.32 Å². The standard InChI is InChI=1S/C11H18N2S/c1-10(2)9(11(10,3)4)13-6-8-5-12-7-14-8/h5,7,9,13H,6H2,1-4H3. The van der Waals surface area contributed by atoms with Crippen LogP contribution in [0.3, 0.4) is 0 Å². The van der Waals surface area contributed by atoms with Gasteiger partial charge in [0, 0.05) is 23.7 Å². The first kappa shape index (κ1) is 10.1. The number of aromatic nitrogens is 1. The SMILES string of the molecule is CC1(C)C(NCc2cncs2)C1(C)C.